The Kier molecular flexibility index (Phi) is 3.42. The van der Waals surface area contributed by atoms with Crippen LogP contribution in [0.5, 0.6) is 0 Å². The van der Waals surface area contributed by atoms with E-state index in [1.54, 1.807) is 0 Å². The average molecular weight is 238 g/mol. The summed E-state index contributed by atoms with van der Waals surface area (Å²) in [6.07, 6.45) is 9.81. The predicted molar refractivity (Wildman–Crippen MR) is 69.0 cm³/mol. The number of hydrogen-bond donors (Lipinski definition) is 2. The minimum absolute atomic E-state index is 0.398. The molecule has 3 nitrogen and oxygen atoms in total. The van der Waals surface area contributed by atoms with E-state index in [1.807, 2.05) is 0 Å². The number of nitrogens with zero attached hydrogens (tertiary/aromatic N) is 1. The van der Waals surface area contributed by atoms with Gasteiger partial charge in [0.05, 0.1) is 5.60 Å². The summed E-state index contributed by atoms with van der Waals surface area (Å²) in [7, 11) is 0. The van der Waals surface area contributed by atoms with Crippen LogP contribution in [0.4, 0.5) is 0 Å². The van der Waals surface area contributed by atoms with Crippen LogP contribution >= 0.6 is 0 Å². The molecule has 2 saturated carbocycles. The van der Waals surface area contributed by atoms with Crippen LogP contribution in [0.1, 0.15) is 51.4 Å². The zero-order valence-electron chi connectivity index (χ0n) is 10.8. The molecule has 3 aliphatic rings. The molecule has 1 atom stereocenters. The molecule has 0 aromatic heterocycles. The summed E-state index contributed by atoms with van der Waals surface area (Å²) in [4.78, 5) is 2.63. The maximum atomic E-state index is 10.4. The van der Waals surface area contributed by atoms with Crippen LogP contribution in [0.3, 0.4) is 0 Å². The van der Waals surface area contributed by atoms with Crippen LogP contribution in [0, 0.1) is 0 Å². The third-order valence-corrected chi connectivity index (χ3v) is 4.79. The van der Waals surface area contributed by atoms with Crippen molar-refractivity contribution in [2.45, 2.75) is 69.1 Å². The van der Waals surface area contributed by atoms with Gasteiger partial charge in [0.2, 0.25) is 0 Å². The van der Waals surface area contributed by atoms with E-state index in [0.717, 1.165) is 25.4 Å². The summed E-state index contributed by atoms with van der Waals surface area (Å²) >= 11 is 0. The third kappa shape index (κ3) is 3.01. The van der Waals surface area contributed by atoms with E-state index < -0.39 is 5.60 Å². The van der Waals surface area contributed by atoms with Crippen LogP contribution in [-0.2, 0) is 0 Å². The quantitative estimate of drug-likeness (QED) is 0.779. The van der Waals surface area contributed by atoms with Gasteiger partial charge < -0.3 is 10.4 Å². The van der Waals surface area contributed by atoms with Crippen LogP contribution in [0.15, 0.2) is 0 Å². The Labute approximate surface area is 105 Å². The van der Waals surface area contributed by atoms with Crippen molar-refractivity contribution in [1.82, 2.24) is 10.2 Å². The normalized spacial score (nSPS) is 34.1. The fourth-order valence-corrected chi connectivity index (χ4v) is 3.45. The summed E-state index contributed by atoms with van der Waals surface area (Å²) < 4.78 is 0. The summed E-state index contributed by atoms with van der Waals surface area (Å²) in [6.45, 7) is 3.29. The van der Waals surface area contributed by atoms with Crippen molar-refractivity contribution in [3.8, 4) is 0 Å². The summed E-state index contributed by atoms with van der Waals surface area (Å²) in [5.74, 6) is 0. The molecule has 17 heavy (non-hydrogen) atoms. The molecule has 3 rings (SSSR count). The lowest BCUT2D eigenvalue weighted by Crippen LogP contribution is -2.46. The molecule has 0 bridgehead atoms. The molecule has 1 saturated heterocycles. The van der Waals surface area contributed by atoms with E-state index in [1.165, 1.54) is 51.6 Å². The predicted octanol–water partition coefficient (Wildman–Crippen LogP) is 1.51. The van der Waals surface area contributed by atoms with Gasteiger partial charge >= 0.3 is 0 Å². The number of likely N-dealkylation sites (tertiary alicyclic amines) is 1. The highest BCUT2D eigenvalue weighted by Gasteiger charge is 2.35. The Hall–Kier alpha value is -0.120. The van der Waals surface area contributed by atoms with Crippen molar-refractivity contribution in [3.05, 3.63) is 0 Å². The summed E-state index contributed by atoms with van der Waals surface area (Å²) in [5.41, 5.74) is -0.398. The molecular formula is C14H26N2O. The molecule has 1 aliphatic heterocycles. The summed E-state index contributed by atoms with van der Waals surface area (Å²) in [6, 6.07) is 1.53. The van der Waals surface area contributed by atoms with E-state index in [-0.39, 0.29) is 0 Å². The lowest BCUT2D eigenvalue weighted by molar-refractivity contribution is 0.00286. The zero-order chi connectivity index (χ0) is 11.7. The van der Waals surface area contributed by atoms with Gasteiger partial charge in [-0.25, -0.2) is 0 Å². The second kappa shape index (κ2) is 4.87. The number of hydrogen-bond acceptors (Lipinski definition) is 3. The molecule has 3 heteroatoms. The molecule has 0 aromatic carbocycles. The lowest BCUT2D eigenvalue weighted by atomic mass is 9.85. The molecule has 98 valence electrons. The van der Waals surface area contributed by atoms with E-state index in [9.17, 15) is 5.11 Å². The fourth-order valence-electron chi connectivity index (χ4n) is 3.45. The Morgan fingerprint density at radius 2 is 1.88 bits per heavy atom. The van der Waals surface area contributed by atoms with Crippen LogP contribution < -0.4 is 5.32 Å². The number of rotatable bonds is 4. The molecule has 2 aliphatic carbocycles. The zero-order valence-corrected chi connectivity index (χ0v) is 10.8. The number of nitrogens with one attached hydrogen (secondary N) is 1. The van der Waals surface area contributed by atoms with Crippen molar-refractivity contribution in [2.24, 2.45) is 0 Å². The molecule has 3 fully saturated rings. The first-order valence-corrected chi connectivity index (χ1v) is 7.45. The maximum Gasteiger partial charge on any atom is 0.0771 e. The third-order valence-electron chi connectivity index (χ3n) is 4.79. The Balaban J connectivity index is 1.41. The van der Waals surface area contributed by atoms with Gasteiger partial charge in [0.15, 0.2) is 0 Å². The maximum absolute atomic E-state index is 10.4. The van der Waals surface area contributed by atoms with Crippen LogP contribution in [0.25, 0.3) is 0 Å². The van der Waals surface area contributed by atoms with Crippen molar-refractivity contribution in [3.63, 3.8) is 0 Å². The van der Waals surface area contributed by atoms with Crippen molar-refractivity contribution in [1.29, 1.82) is 0 Å². The molecule has 2 N–H and O–H groups in total. The number of aliphatic hydroxyl groups is 1. The van der Waals surface area contributed by atoms with Gasteiger partial charge in [-0.15, -0.1) is 0 Å². The highest BCUT2D eigenvalue weighted by atomic mass is 16.3. The SMILES string of the molecule is OC1(CNC2CCN(C3CC3)C2)CCCCC1. The molecule has 0 spiro atoms. The van der Waals surface area contributed by atoms with E-state index in [2.05, 4.69) is 10.2 Å². The molecule has 0 aromatic rings. The molecule has 1 heterocycles. The molecule has 1 unspecified atom stereocenters. The monoisotopic (exact) mass is 238 g/mol. The second-order valence-corrected chi connectivity index (χ2v) is 6.38. The Morgan fingerprint density at radius 1 is 1.12 bits per heavy atom. The van der Waals surface area contributed by atoms with Crippen molar-refractivity contribution < 1.29 is 5.11 Å². The van der Waals surface area contributed by atoms with Crippen molar-refractivity contribution in [2.75, 3.05) is 19.6 Å². The van der Waals surface area contributed by atoms with Crippen LogP contribution in [0.2, 0.25) is 0 Å². The van der Waals surface area contributed by atoms with Gasteiger partial charge in [-0.1, -0.05) is 19.3 Å². The average Bonchev–Trinajstić information content (AvgIpc) is 3.07. The van der Waals surface area contributed by atoms with Crippen molar-refractivity contribution >= 4 is 0 Å². The molecule has 0 radical (unpaired) electrons. The molecular weight excluding hydrogens is 212 g/mol. The minimum atomic E-state index is -0.398. The van der Waals surface area contributed by atoms with E-state index in [0.29, 0.717) is 6.04 Å². The lowest BCUT2D eigenvalue weighted by Gasteiger charge is -2.33. The largest absolute Gasteiger partial charge is 0.389 e. The molecule has 0 amide bonds. The fraction of sp³-hybridized carbons (Fsp3) is 1.00. The van der Waals surface area contributed by atoms with E-state index >= 15 is 0 Å². The van der Waals surface area contributed by atoms with E-state index in [4.69, 9.17) is 0 Å². The van der Waals surface area contributed by atoms with Crippen LogP contribution in [-0.4, -0.2) is 47.3 Å². The first-order valence-electron chi connectivity index (χ1n) is 7.45. The minimum Gasteiger partial charge on any atom is -0.389 e. The highest BCUT2D eigenvalue weighted by molar-refractivity contribution is 4.93. The van der Waals surface area contributed by atoms with Gasteiger partial charge in [0, 0.05) is 31.7 Å². The second-order valence-electron chi connectivity index (χ2n) is 6.38. The highest BCUT2D eigenvalue weighted by Crippen LogP contribution is 2.31. The first-order chi connectivity index (χ1) is 8.25. The first kappa shape index (κ1) is 11.9. The van der Waals surface area contributed by atoms with Gasteiger partial charge in [0.1, 0.15) is 0 Å². The summed E-state index contributed by atoms with van der Waals surface area (Å²) in [5, 5.41) is 14.1. The smallest absolute Gasteiger partial charge is 0.0771 e. The standard InChI is InChI=1S/C14H26N2O/c17-14(7-2-1-3-8-14)11-15-12-6-9-16(10-12)13-4-5-13/h12-13,15,17H,1-11H2. The Morgan fingerprint density at radius 3 is 2.59 bits per heavy atom. The Bertz CT molecular complexity index is 259. The van der Waals surface area contributed by atoms with Gasteiger partial charge in [0.25, 0.3) is 0 Å². The van der Waals surface area contributed by atoms with Gasteiger partial charge in [-0.05, 0) is 32.1 Å². The topological polar surface area (TPSA) is 35.5 Å². The van der Waals surface area contributed by atoms with Gasteiger partial charge in [-0.3, -0.25) is 4.90 Å². The van der Waals surface area contributed by atoms with Gasteiger partial charge in [-0.2, -0.15) is 0 Å².